The highest BCUT2D eigenvalue weighted by molar-refractivity contribution is 7.90. The number of nitrogens with one attached hydrogen (secondary N) is 1. The molecule has 0 bridgehead atoms. The number of halogens is 2. The number of pyridine rings is 1. The third-order valence-corrected chi connectivity index (χ3v) is 8.93. The molecule has 2 saturated carbocycles. The minimum atomic E-state index is -3.25. The van der Waals surface area contributed by atoms with Crippen LogP contribution in [0.15, 0.2) is 71.8 Å². The molecule has 2 aliphatic carbocycles. The van der Waals surface area contributed by atoms with Gasteiger partial charge >= 0.3 is 6.03 Å². The summed E-state index contributed by atoms with van der Waals surface area (Å²) in [4.78, 5) is 20.0. The van der Waals surface area contributed by atoms with Crippen LogP contribution in [0.3, 0.4) is 0 Å². The zero-order valence-corrected chi connectivity index (χ0v) is 21.4. The van der Waals surface area contributed by atoms with Gasteiger partial charge in [-0.2, -0.15) is 0 Å². The molecule has 1 heterocycles. The molecule has 2 aromatic carbocycles. The predicted molar refractivity (Wildman–Crippen MR) is 137 cm³/mol. The maximum atomic E-state index is 13.6. The Balaban J connectivity index is 1.36. The highest BCUT2D eigenvalue weighted by atomic mass is 35.5. The number of anilines is 1. The number of urea groups is 1. The molecule has 6 nitrogen and oxygen atoms in total. The molecule has 1 aromatic heterocycles. The summed E-state index contributed by atoms with van der Waals surface area (Å²) in [6.07, 6.45) is 6.28. The van der Waals surface area contributed by atoms with Crippen LogP contribution in [0, 0.1) is 11.7 Å². The summed E-state index contributed by atoms with van der Waals surface area (Å²) >= 11 is 5.91. The van der Waals surface area contributed by atoms with Gasteiger partial charge in [0.2, 0.25) is 0 Å². The van der Waals surface area contributed by atoms with E-state index in [9.17, 15) is 17.6 Å². The lowest BCUT2D eigenvalue weighted by Crippen LogP contribution is -2.44. The Morgan fingerprint density at radius 1 is 1.19 bits per heavy atom. The Hall–Kier alpha value is -2.97. The number of aromatic nitrogens is 1. The SMILES string of the molecule is CS(=O)(=O)c1ccc([C@]23CCC(N(CCc4ccccn4)C(=O)Nc4ccc(F)c(Cl)c4)[C@H]2C3)cc1. The van der Waals surface area contributed by atoms with Gasteiger partial charge in [0.05, 0.1) is 9.92 Å². The van der Waals surface area contributed by atoms with Crippen LogP contribution in [-0.4, -0.2) is 43.2 Å². The average molecular weight is 528 g/mol. The zero-order valence-electron chi connectivity index (χ0n) is 19.8. The number of sulfone groups is 1. The number of hydrogen-bond donors (Lipinski definition) is 1. The number of nitrogens with zero attached hydrogens (tertiary/aromatic N) is 2. The maximum absolute atomic E-state index is 13.6. The minimum absolute atomic E-state index is 0.0271. The van der Waals surface area contributed by atoms with Crippen LogP contribution < -0.4 is 5.32 Å². The first-order valence-corrected chi connectivity index (χ1v) is 14.2. The zero-order chi connectivity index (χ0) is 25.5. The summed E-state index contributed by atoms with van der Waals surface area (Å²) in [6, 6.07) is 16.8. The fourth-order valence-corrected chi connectivity index (χ4v) is 6.39. The Kier molecular flexibility index (Phi) is 6.51. The lowest BCUT2D eigenvalue weighted by Gasteiger charge is -2.30. The fourth-order valence-electron chi connectivity index (χ4n) is 5.58. The third kappa shape index (κ3) is 4.84. The molecule has 0 saturated heterocycles. The van der Waals surface area contributed by atoms with E-state index < -0.39 is 15.7 Å². The molecule has 5 rings (SSSR count). The molecule has 3 atom stereocenters. The molecule has 9 heteroatoms. The van der Waals surface area contributed by atoms with Crippen LogP contribution in [-0.2, 0) is 21.7 Å². The van der Waals surface area contributed by atoms with Gasteiger partial charge in [-0.1, -0.05) is 29.8 Å². The van der Waals surface area contributed by atoms with Gasteiger partial charge in [0.15, 0.2) is 9.84 Å². The monoisotopic (exact) mass is 527 g/mol. The van der Waals surface area contributed by atoms with E-state index in [2.05, 4.69) is 10.3 Å². The standard InChI is InChI=1S/C27H27ClFN3O3S/c1-36(34,35)21-8-5-18(6-9-21)27-13-11-25(22(27)17-27)32(15-12-19-4-2-3-14-30-19)26(33)31-20-7-10-24(29)23(28)16-20/h2-10,14,16,22,25H,11-13,15,17H2,1H3,(H,31,33)/t22-,25?,27-/m1/s1. The Morgan fingerprint density at radius 2 is 1.97 bits per heavy atom. The summed E-state index contributed by atoms with van der Waals surface area (Å²) in [5.41, 5.74) is 2.42. The summed E-state index contributed by atoms with van der Waals surface area (Å²) in [5.74, 6) is -0.255. The number of carbonyl (C=O) groups excluding carboxylic acids is 1. The summed E-state index contributed by atoms with van der Waals surface area (Å²) < 4.78 is 37.3. The van der Waals surface area contributed by atoms with Crippen molar-refractivity contribution in [3.8, 4) is 0 Å². The lowest BCUT2D eigenvalue weighted by molar-refractivity contribution is 0.181. The number of carbonyl (C=O) groups is 1. The molecule has 2 aliphatic rings. The van der Waals surface area contributed by atoms with Crippen molar-refractivity contribution < 1.29 is 17.6 Å². The number of fused-ring (bicyclic) bond motifs is 1. The Bertz CT molecular complexity index is 1390. The van der Waals surface area contributed by atoms with Crippen molar-refractivity contribution in [2.45, 2.75) is 42.0 Å². The van der Waals surface area contributed by atoms with E-state index in [0.29, 0.717) is 23.5 Å². The summed E-state index contributed by atoms with van der Waals surface area (Å²) in [5, 5.41) is 2.84. The van der Waals surface area contributed by atoms with Crippen LogP contribution in [0.1, 0.15) is 30.5 Å². The van der Waals surface area contributed by atoms with E-state index in [1.165, 1.54) is 24.5 Å². The van der Waals surface area contributed by atoms with E-state index in [1.807, 2.05) is 35.2 Å². The van der Waals surface area contributed by atoms with Crippen molar-refractivity contribution in [3.63, 3.8) is 0 Å². The van der Waals surface area contributed by atoms with Crippen molar-refractivity contribution in [2.24, 2.45) is 5.92 Å². The van der Waals surface area contributed by atoms with Gasteiger partial charge in [0.25, 0.3) is 0 Å². The number of benzene rings is 2. The van der Waals surface area contributed by atoms with Crippen molar-refractivity contribution in [2.75, 3.05) is 18.1 Å². The van der Waals surface area contributed by atoms with Crippen LogP contribution >= 0.6 is 11.6 Å². The molecular weight excluding hydrogens is 501 g/mol. The van der Waals surface area contributed by atoms with Crippen molar-refractivity contribution in [1.29, 1.82) is 0 Å². The Morgan fingerprint density at radius 3 is 2.61 bits per heavy atom. The smallest absolute Gasteiger partial charge is 0.321 e. The second kappa shape index (κ2) is 9.48. The maximum Gasteiger partial charge on any atom is 0.322 e. The average Bonchev–Trinajstić information content (AvgIpc) is 3.48. The van der Waals surface area contributed by atoms with Gasteiger partial charge in [-0.25, -0.2) is 17.6 Å². The molecule has 0 aliphatic heterocycles. The fraction of sp³-hybridized carbons (Fsp3) is 0.333. The molecule has 188 valence electrons. The first kappa shape index (κ1) is 24.7. The van der Waals surface area contributed by atoms with Crippen LogP contribution in [0.5, 0.6) is 0 Å². The summed E-state index contributed by atoms with van der Waals surface area (Å²) in [7, 11) is -3.25. The minimum Gasteiger partial charge on any atom is -0.321 e. The van der Waals surface area contributed by atoms with E-state index in [4.69, 9.17) is 11.6 Å². The highest BCUT2D eigenvalue weighted by Gasteiger charge is 2.64. The van der Waals surface area contributed by atoms with Crippen molar-refractivity contribution >= 4 is 33.2 Å². The number of rotatable bonds is 7. The van der Waals surface area contributed by atoms with Crippen molar-refractivity contribution in [1.82, 2.24) is 9.88 Å². The van der Waals surface area contributed by atoms with Gasteiger partial charge in [-0.3, -0.25) is 4.98 Å². The van der Waals surface area contributed by atoms with Gasteiger partial charge < -0.3 is 10.2 Å². The van der Waals surface area contributed by atoms with Crippen LogP contribution in [0.4, 0.5) is 14.9 Å². The van der Waals surface area contributed by atoms with Crippen molar-refractivity contribution in [3.05, 3.63) is 89.0 Å². The van der Waals surface area contributed by atoms with E-state index in [0.717, 1.165) is 30.5 Å². The molecule has 2 amide bonds. The topological polar surface area (TPSA) is 79.4 Å². The lowest BCUT2D eigenvalue weighted by atomic mass is 9.93. The van der Waals surface area contributed by atoms with E-state index in [1.54, 1.807) is 18.3 Å². The predicted octanol–water partition coefficient (Wildman–Crippen LogP) is 5.47. The molecule has 0 spiro atoms. The van der Waals surface area contributed by atoms with Gasteiger partial charge in [0.1, 0.15) is 5.82 Å². The first-order chi connectivity index (χ1) is 17.2. The number of hydrogen-bond acceptors (Lipinski definition) is 4. The largest absolute Gasteiger partial charge is 0.322 e. The molecule has 3 aromatic rings. The molecule has 0 radical (unpaired) electrons. The van der Waals surface area contributed by atoms with Crippen LogP contribution in [0.2, 0.25) is 5.02 Å². The third-order valence-electron chi connectivity index (χ3n) is 7.51. The second-order valence-electron chi connectivity index (χ2n) is 9.69. The normalized spacial score (nSPS) is 22.6. The molecular formula is C27H27ClFN3O3S. The first-order valence-electron chi connectivity index (χ1n) is 11.9. The summed E-state index contributed by atoms with van der Waals surface area (Å²) in [6.45, 7) is 0.488. The van der Waals surface area contributed by atoms with Gasteiger partial charge in [-0.15, -0.1) is 0 Å². The second-order valence-corrected chi connectivity index (χ2v) is 12.1. The molecule has 2 fully saturated rings. The highest BCUT2D eigenvalue weighted by Crippen LogP contribution is 2.65. The Labute approximate surface area is 215 Å². The van der Waals surface area contributed by atoms with E-state index >= 15 is 0 Å². The quantitative estimate of drug-likeness (QED) is 0.441. The number of amides is 2. The van der Waals surface area contributed by atoms with E-state index in [-0.39, 0.29) is 28.4 Å². The van der Waals surface area contributed by atoms with Gasteiger partial charge in [0, 0.05) is 48.3 Å². The molecule has 36 heavy (non-hydrogen) atoms. The molecule has 1 unspecified atom stereocenters. The van der Waals surface area contributed by atoms with Gasteiger partial charge in [-0.05, 0) is 73.2 Å². The molecule has 1 N–H and O–H groups in total. The van der Waals surface area contributed by atoms with Crippen LogP contribution in [0.25, 0.3) is 0 Å².